The second-order valence-corrected chi connectivity index (χ2v) is 5.37. The van der Waals surface area contributed by atoms with E-state index in [-0.39, 0.29) is 17.1 Å². The number of ether oxygens (including phenoxy) is 1. The molecule has 0 atom stereocenters. The van der Waals surface area contributed by atoms with Gasteiger partial charge in [0, 0.05) is 17.3 Å². The molecule has 0 amide bonds. The standard InChI is InChI=1S/C18H16N2O5/c1-10-16(12(3)21)11(2)20-17(10)15(22)9-25-18(23)13(8-19)7-14-5-4-6-24-14/h4-7,20H,9H2,1-3H3/b13-7+. The average molecular weight is 340 g/mol. The molecule has 0 spiro atoms. The van der Waals surface area contributed by atoms with Crippen molar-refractivity contribution < 1.29 is 23.5 Å². The van der Waals surface area contributed by atoms with E-state index < -0.39 is 18.4 Å². The summed E-state index contributed by atoms with van der Waals surface area (Å²) in [5, 5.41) is 9.03. The second kappa shape index (κ2) is 7.45. The van der Waals surface area contributed by atoms with Gasteiger partial charge < -0.3 is 14.1 Å². The lowest BCUT2D eigenvalue weighted by atomic mass is 10.1. The van der Waals surface area contributed by atoms with Crippen LogP contribution in [0.3, 0.4) is 0 Å². The maximum atomic E-state index is 12.2. The van der Waals surface area contributed by atoms with E-state index in [9.17, 15) is 14.4 Å². The van der Waals surface area contributed by atoms with E-state index in [0.717, 1.165) is 0 Å². The SMILES string of the molecule is CC(=O)c1c(C)[nH]c(C(=O)COC(=O)/C(C#N)=C/c2ccco2)c1C. The largest absolute Gasteiger partial charge is 0.465 e. The van der Waals surface area contributed by atoms with Crippen molar-refractivity contribution in [2.75, 3.05) is 6.61 Å². The lowest BCUT2D eigenvalue weighted by Gasteiger charge is -2.03. The Morgan fingerprint density at radius 2 is 2.08 bits per heavy atom. The molecule has 128 valence electrons. The van der Waals surface area contributed by atoms with Crippen molar-refractivity contribution in [2.24, 2.45) is 0 Å². The lowest BCUT2D eigenvalue weighted by Crippen LogP contribution is -2.16. The van der Waals surface area contributed by atoms with Crippen molar-refractivity contribution in [1.82, 2.24) is 4.98 Å². The highest BCUT2D eigenvalue weighted by Gasteiger charge is 2.21. The van der Waals surface area contributed by atoms with E-state index in [0.29, 0.717) is 22.6 Å². The first-order valence-electron chi connectivity index (χ1n) is 7.40. The molecule has 0 unspecified atom stereocenters. The highest BCUT2D eigenvalue weighted by molar-refractivity contribution is 6.05. The van der Waals surface area contributed by atoms with Gasteiger partial charge in [0.05, 0.1) is 12.0 Å². The number of ketones is 2. The van der Waals surface area contributed by atoms with Gasteiger partial charge in [-0.3, -0.25) is 9.59 Å². The number of hydrogen-bond donors (Lipinski definition) is 1. The number of nitrogens with zero attached hydrogens (tertiary/aromatic N) is 1. The molecule has 0 aliphatic carbocycles. The summed E-state index contributed by atoms with van der Waals surface area (Å²) in [6, 6.07) is 4.89. The first-order valence-corrected chi connectivity index (χ1v) is 7.40. The predicted octanol–water partition coefficient (Wildman–Crippen LogP) is 2.76. The molecule has 2 aromatic rings. The summed E-state index contributed by atoms with van der Waals surface area (Å²) in [6.45, 7) is 4.20. The monoisotopic (exact) mass is 340 g/mol. The number of H-pyrrole nitrogens is 1. The first-order chi connectivity index (χ1) is 11.8. The number of Topliss-reactive ketones (excluding diaryl/α,β-unsaturated/α-hetero) is 2. The van der Waals surface area contributed by atoms with Gasteiger partial charge in [-0.25, -0.2) is 4.79 Å². The highest BCUT2D eigenvalue weighted by atomic mass is 16.5. The minimum absolute atomic E-state index is 0.157. The molecule has 0 fully saturated rings. The third-order valence-corrected chi connectivity index (χ3v) is 3.57. The summed E-state index contributed by atoms with van der Waals surface area (Å²) in [5.41, 5.74) is 1.47. The van der Waals surface area contributed by atoms with Crippen LogP contribution in [-0.2, 0) is 9.53 Å². The second-order valence-electron chi connectivity index (χ2n) is 5.37. The smallest absolute Gasteiger partial charge is 0.349 e. The van der Waals surface area contributed by atoms with E-state index in [1.807, 2.05) is 0 Å². The van der Waals surface area contributed by atoms with Gasteiger partial charge in [-0.2, -0.15) is 5.26 Å². The maximum Gasteiger partial charge on any atom is 0.349 e. The zero-order valence-electron chi connectivity index (χ0n) is 14.0. The van der Waals surface area contributed by atoms with Crippen LogP contribution in [0.1, 0.15) is 44.8 Å². The van der Waals surface area contributed by atoms with Crippen LogP contribution in [0.5, 0.6) is 0 Å². The van der Waals surface area contributed by atoms with Crippen molar-refractivity contribution in [3.8, 4) is 6.07 Å². The molecule has 1 N–H and O–H groups in total. The number of carbonyl (C=O) groups excluding carboxylic acids is 3. The maximum absolute atomic E-state index is 12.2. The lowest BCUT2D eigenvalue weighted by molar-refractivity contribution is -0.137. The van der Waals surface area contributed by atoms with E-state index in [1.54, 1.807) is 32.0 Å². The van der Waals surface area contributed by atoms with Crippen LogP contribution >= 0.6 is 0 Å². The number of aromatic nitrogens is 1. The van der Waals surface area contributed by atoms with Gasteiger partial charge in [0.2, 0.25) is 5.78 Å². The molecule has 0 saturated heterocycles. The van der Waals surface area contributed by atoms with Gasteiger partial charge in [-0.1, -0.05) is 0 Å². The molecule has 2 heterocycles. The van der Waals surface area contributed by atoms with Crippen molar-refractivity contribution >= 4 is 23.6 Å². The minimum Gasteiger partial charge on any atom is -0.465 e. The van der Waals surface area contributed by atoms with E-state index in [1.165, 1.54) is 19.3 Å². The number of furan rings is 1. The molecule has 0 saturated carbocycles. The van der Waals surface area contributed by atoms with Crippen molar-refractivity contribution in [2.45, 2.75) is 20.8 Å². The molecule has 7 nitrogen and oxygen atoms in total. The zero-order valence-corrected chi connectivity index (χ0v) is 14.0. The van der Waals surface area contributed by atoms with Crippen LogP contribution in [0.25, 0.3) is 6.08 Å². The fourth-order valence-corrected chi connectivity index (χ4v) is 2.49. The summed E-state index contributed by atoms with van der Waals surface area (Å²) in [6.07, 6.45) is 2.63. The van der Waals surface area contributed by atoms with Crippen LogP contribution in [0.2, 0.25) is 0 Å². The van der Waals surface area contributed by atoms with Crippen LogP contribution < -0.4 is 0 Å². The molecule has 7 heteroatoms. The van der Waals surface area contributed by atoms with E-state index >= 15 is 0 Å². The number of aromatic amines is 1. The number of rotatable bonds is 6. The molecule has 0 bridgehead atoms. The average Bonchev–Trinajstić information content (AvgIpc) is 3.17. The molecule has 0 radical (unpaired) electrons. The topological polar surface area (TPSA) is 113 Å². The summed E-state index contributed by atoms with van der Waals surface area (Å²) in [5.74, 6) is -1.26. The van der Waals surface area contributed by atoms with E-state index in [4.69, 9.17) is 14.4 Å². The number of nitrogens with one attached hydrogen (secondary N) is 1. The molecule has 2 aromatic heterocycles. The van der Waals surface area contributed by atoms with Gasteiger partial charge in [-0.15, -0.1) is 0 Å². The van der Waals surface area contributed by atoms with Gasteiger partial charge in [0.25, 0.3) is 0 Å². The Morgan fingerprint density at radius 1 is 1.36 bits per heavy atom. The normalized spacial score (nSPS) is 11.0. The summed E-state index contributed by atoms with van der Waals surface area (Å²) >= 11 is 0. The van der Waals surface area contributed by atoms with Gasteiger partial charge in [-0.05, 0) is 38.5 Å². The van der Waals surface area contributed by atoms with Gasteiger partial charge in [0.1, 0.15) is 17.4 Å². The quantitative estimate of drug-likeness (QED) is 0.374. The summed E-state index contributed by atoms with van der Waals surface area (Å²) in [4.78, 5) is 38.6. The Labute approximate surface area is 143 Å². The number of hydrogen-bond acceptors (Lipinski definition) is 6. The Bertz CT molecular complexity index is 895. The highest BCUT2D eigenvalue weighted by Crippen LogP contribution is 2.19. The van der Waals surface area contributed by atoms with Crippen molar-refractivity contribution in [3.05, 3.63) is 52.2 Å². The molecular weight excluding hydrogens is 324 g/mol. The molecule has 2 rings (SSSR count). The first kappa shape index (κ1) is 17.9. The van der Waals surface area contributed by atoms with Crippen molar-refractivity contribution in [3.63, 3.8) is 0 Å². The molecule has 0 aliphatic heterocycles. The Balaban J connectivity index is 2.10. The Morgan fingerprint density at radius 3 is 2.60 bits per heavy atom. The number of carbonyl (C=O) groups is 3. The minimum atomic E-state index is -0.931. The summed E-state index contributed by atoms with van der Waals surface area (Å²) < 4.78 is 9.92. The Kier molecular flexibility index (Phi) is 5.35. The predicted molar refractivity (Wildman–Crippen MR) is 87.9 cm³/mol. The molecule has 25 heavy (non-hydrogen) atoms. The van der Waals surface area contributed by atoms with Crippen molar-refractivity contribution in [1.29, 1.82) is 5.26 Å². The molecular formula is C18H16N2O5. The number of aryl methyl sites for hydroxylation is 1. The van der Waals surface area contributed by atoms with Crippen LogP contribution in [0, 0.1) is 25.2 Å². The molecule has 0 aliphatic rings. The number of nitriles is 1. The third kappa shape index (κ3) is 3.93. The summed E-state index contributed by atoms with van der Waals surface area (Å²) in [7, 11) is 0. The van der Waals surface area contributed by atoms with Crippen LogP contribution in [0.15, 0.2) is 28.4 Å². The molecule has 0 aromatic carbocycles. The third-order valence-electron chi connectivity index (χ3n) is 3.57. The van der Waals surface area contributed by atoms with Crippen LogP contribution in [0.4, 0.5) is 0 Å². The van der Waals surface area contributed by atoms with Gasteiger partial charge in [0.15, 0.2) is 12.4 Å². The van der Waals surface area contributed by atoms with Crippen LogP contribution in [-0.4, -0.2) is 29.1 Å². The fourth-order valence-electron chi connectivity index (χ4n) is 2.49. The Hall–Kier alpha value is -3.40. The fraction of sp³-hybridized carbons (Fsp3) is 0.222. The van der Waals surface area contributed by atoms with E-state index in [2.05, 4.69) is 4.98 Å². The number of esters is 1. The van der Waals surface area contributed by atoms with Gasteiger partial charge >= 0.3 is 5.97 Å². The zero-order chi connectivity index (χ0) is 18.6.